The molecule has 3 N–H and O–H groups in total. The van der Waals surface area contributed by atoms with E-state index in [4.69, 9.17) is 5.73 Å². The van der Waals surface area contributed by atoms with Gasteiger partial charge in [-0.05, 0) is 28.8 Å². The molecule has 0 bridgehead atoms. The summed E-state index contributed by atoms with van der Waals surface area (Å²) in [4.78, 5) is 8.25. The van der Waals surface area contributed by atoms with Gasteiger partial charge in [0, 0.05) is 18.9 Å². The molecule has 70 valence electrons. The van der Waals surface area contributed by atoms with Gasteiger partial charge in [-0.15, -0.1) is 0 Å². The van der Waals surface area contributed by atoms with Gasteiger partial charge in [0.2, 0.25) is 5.95 Å². The lowest BCUT2D eigenvalue weighted by atomic mass is 10.3. The Morgan fingerprint density at radius 1 is 1.46 bits per heavy atom. The van der Waals surface area contributed by atoms with Gasteiger partial charge in [-0.2, -0.15) is 0 Å². The number of halogens is 1. The molecule has 1 saturated carbocycles. The largest absolute Gasteiger partial charge is 0.348 e. The zero-order valence-electron chi connectivity index (χ0n) is 7.13. The maximum atomic E-state index is 5.62. The van der Waals surface area contributed by atoms with Crippen LogP contribution in [0.5, 0.6) is 0 Å². The minimum absolute atomic E-state index is 0.0772. The van der Waals surface area contributed by atoms with Gasteiger partial charge in [-0.3, -0.25) is 0 Å². The molecule has 1 aromatic heterocycles. The van der Waals surface area contributed by atoms with E-state index in [-0.39, 0.29) is 5.54 Å². The summed E-state index contributed by atoms with van der Waals surface area (Å²) < 4.78 is 0.885. The van der Waals surface area contributed by atoms with Crippen molar-refractivity contribution < 1.29 is 0 Å². The van der Waals surface area contributed by atoms with E-state index in [1.807, 2.05) is 0 Å². The molecular weight excluding hydrogens is 232 g/mol. The second-order valence-corrected chi connectivity index (χ2v) is 4.25. The number of nitrogens with one attached hydrogen (secondary N) is 1. The highest BCUT2D eigenvalue weighted by Crippen LogP contribution is 2.36. The maximum absolute atomic E-state index is 5.62. The smallest absolute Gasteiger partial charge is 0.223 e. The molecule has 2 rings (SSSR count). The fraction of sp³-hybridized carbons (Fsp3) is 0.500. The highest BCUT2D eigenvalue weighted by molar-refractivity contribution is 9.10. The maximum Gasteiger partial charge on any atom is 0.223 e. The van der Waals surface area contributed by atoms with E-state index in [0.29, 0.717) is 12.5 Å². The lowest BCUT2D eigenvalue weighted by Crippen LogP contribution is -2.31. The summed E-state index contributed by atoms with van der Waals surface area (Å²) >= 11 is 3.28. The van der Waals surface area contributed by atoms with E-state index in [0.717, 1.165) is 17.3 Å². The Morgan fingerprint density at radius 3 is 2.54 bits per heavy atom. The van der Waals surface area contributed by atoms with Crippen molar-refractivity contribution >= 4 is 21.9 Å². The Hall–Kier alpha value is -0.680. The lowest BCUT2D eigenvalue weighted by molar-refractivity contribution is 0.730. The molecule has 1 fully saturated rings. The van der Waals surface area contributed by atoms with Crippen LogP contribution in [0.4, 0.5) is 5.95 Å². The van der Waals surface area contributed by atoms with Crippen molar-refractivity contribution in [1.29, 1.82) is 0 Å². The number of rotatable bonds is 3. The molecule has 0 amide bonds. The standard InChI is InChI=1S/C8H11BrN4/c9-6-3-11-7(12-4-6)13-8(5-10)1-2-8/h3-4H,1-2,5,10H2,(H,11,12,13). The van der Waals surface area contributed by atoms with Crippen LogP contribution in [0.25, 0.3) is 0 Å². The first-order valence-corrected chi connectivity index (χ1v) is 4.99. The van der Waals surface area contributed by atoms with Crippen molar-refractivity contribution in [2.45, 2.75) is 18.4 Å². The fourth-order valence-corrected chi connectivity index (χ4v) is 1.35. The molecule has 1 aliphatic carbocycles. The third-order valence-corrected chi connectivity index (χ3v) is 2.65. The number of nitrogens with two attached hydrogens (primary N) is 1. The molecule has 0 unspecified atom stereocenters. The van der Waals surface area contributed by atoms with Crippen molar-refractivity contribution in [1.82, 2.24) is 9.97 Å². The van der Waals surface area contributed by atoms with Gasteiger partial charge in [-0.25, -0.2) is 9.97 Å². The molecule has 1 aliphatic rings. The Bertz CT molecular complexity index is 294. The summed E-state index contributed by atoms with van der Waals surface area (Å²) in [7, 11) is 0. The van der Waals surface area contributed by atoms with Crippen LogP contribution in [-0.4, -0.2) is 22.1 Å². The summed E-state index contributed by atoms with van der Waals surface area (Å²) in [6.07, 6.45) is 5.68. The number of anilines is 1. The minimum atomic E-state index is 0.0772. The van der Waals surface area contributed by atoms with E-state index in [2.05, 4.69) is 31.2 Å². The zero-order chi connectivity index (χ0) is 9.31. The van der Waals surface area contributed by atoms with Crippen LogP contribution in [0, 0.1) is 0 Å². The molecule has 0 aromatic carbocycles. The monoisotopic (exact) mass is 242 g/mol. The number of hydrogen-bond acceptors (Lipinski definition) is 4. The Morgan fingerprint density at radius 2 is 2.08 bits per heavy atom. The molecule has 4 nitrogen and oxygen atoms in total. The van der Waals surface area contributed by atoms with Crippen molar-refractivity contribution in [2.75, 3.05) is 11.9 Å². The van der Waals surface area contributed by atoms with Gasteiger partial charge in [0.25, 0.3) is 0 Å². The minimum Gasteiger partial charge on any atom is -0.348 e. The highest BCUT2D eigenvalue weighted by atomic mass is 79.9. The molecular formula is C8H11BrN4. The van der Waals surface area contributed by atoms with Gasteiger partial charge in [0.15, 0.2) is 0 Å². The van der Waals surface area contributed by atoms with Crippen molar-refractivity contribution in [3.05, 3.63) is 16.9 Å². The molecule has 0 saturated heterocycles. The lowest BCUT2D eigenvalue weighted by Gasteiger charge is -2.13. The number of hydrogen-bond donors (Lipinski definition) is 2. The Kier molecular flexibility index (Phi) is 2.21. The van der Waals surface area contributed by atoms with Crippen LogP contribution in [0.3, 0.4) is 0 Å². The number of aromatic nitrogens is 2. The predicted molar refractivity (Wildman–Crippen MR) is 54.4 cm³/mol. The first-order valence-electron chi connectivity index (χ1n) is 4.20. The van der Waals surface area contributed by atoms with E-state index in [1.54, 1.807) is 12.4 Å². The second-order valence-electron chi connectivity index (χ2n) is 3.33. The van der Waals surface area contributed by atoms with Crippen LogP contribution >= 0.6 is 15.9 Å². The van der Waals surface area contributed by atoms with Crippen molar-refractivity contribution in [2.24, 2.45) is 5.73 Å². The fourth-order valence-electron chi connectivity index (χ4n) is 1.15. The van der Waals surface area contributed by atoms with Crippen LogP contribution in [0.2, 0.25) is 0 Å². The van der Waals surface area contributed by atoms with Gasteiger partial charge in [-0.1, -0.05) is 0 Å². The summed E-state index contributed by atoms with van der Waals surface area (Å²) in [6, 6.07) is 0. The molecule has 1 aromatic rings. The van der Waals surface area contributed by atoms with E-state index >= 15 is 0 Å². The molecule has 5 heteroatoms. The van der Waals surface area contributed by atoms with Crippen molar-refractivity contribution in [3.63, 3.8) is 0 Å². The summed E-state index contributed by atoms with van der Waals surface area (Å²) in [6.45, 7) is 0.645. The quantitative estimate of drug-likeness (QED) is 0.835. The average molecular weight is 243 g/mol. The molecule has 0 atom stereocenters. The van der Waals surface area contributed by atoms with Crippen LogP contribution < -0.4 is 11.1 Å². The molecule has 0 spiro atoms. The third kappa shape index (κ3) is 1.97. The average Bonchev–Trinajstić information content (AvgIpc) is 2.90. The van der Waals surface area contributed by atoms with Gasteiger partial charge in [0.05, 0.1) is 10.0 Å². The van der Waals surface area contributed by atoms with Crippen LogP contribution in [0.1, 0.15) is 12.8 Å². The van der Waals surface area contributed by atoms with E-state index < -0.39 is 0 Å². The molecule has 13 heavy (non-hydrogen) atoms. The molecule has 0 aliphatic heterocycles. The predicted octanol–water partition coefficient (Wildman–Crippen LogP) is 1.14. The normalized spacial score (nSPS) is 18.3. The van der Waals surface area contributed by atoms with Gasteiger partial charge in [0.1, 0.15) is 0 Å². The van der Waals surface area contributed by atoms with Crippen LogP contribution in [0.15, 0.2) is 16.9 Å². The number of nitrogens with zero attached hydrogens (tertiary/aromatic N) is 2. The van der Waals surface area contributed by atoms with Gasteiger partial charge < -0.3 is 11.1 Å². The van der Waals surface area contributed by atoms with E-state index in [9.17, 15) is 0 Å². The third-order valence-electron chi connectivity index (χ3n) is 2.24. The Labute approximate surface area is 85.1 Å². The molecule has 1 heterocycles. The van der Waals surface area contributed by atoms with Gasteiger partial charge >= 0.3 is 0 Å². The van der Waals surface area contributed by atoms with Crippen molar-refractivity contribution in [3.8, 4) is 0 Å². The van der Waals surface area contributed by atoms with E-state index in [1.165, 1.54) is 0 Å². The summed E-state index contributed by atoms with van der Waals surface area (Å²) in [5.74, 6) is 0.658. The SMILES string of the molecule is NCC1(Nc2ncc(Br)cn2)CC1. The zero-order valence-corrected chi connectivity index (χ0v) is 8.71. The first kappa shape index (κ1) is 8.90. The first-order chi connectivity index (χ1) is 6.24. The topological polar surface area (TPSA) is 63.8 Å². The highest BCUT2D eigenvalue weighted by Gasteiger charge is 2.41. The Balaban J connectivity index is 2.06. The van der Waals surface area contributed by atoms with Crippen LogP contribution in [-0.2, 0) is 0 Å². The molecule has 0 radical (unpaired) electrons. The summed E-state index contributed by atoms with van der Waals surface area (Å²) in [5.41, 5.74) is 5.70. The summed E-state index contributed by atoms with van der Waals surface area (Å²) in [5, 5.41) is 3.24. The second kappa shape index (κ2) is 3.23.